The zero-order valence-electron chi connectivity index (χ0n) is 42.2. The molecule has 4 aromatic rings. The Hall–Kier alpha value is -5.12. The van der Waals surface area contributed by atoms with Crippen molar-refractivity contribution in [3.8, 4) is 0 Å². The highest BCUT2D eigenvalue weighted by atomic mass is 16.5. The zero-order valence-corrected chi connectivity index (χ0v) is 42.2. The largest absolute Gasteiger partial charge is 0.456 e. The molecule has 0 saturated carbocycles. The normalized spacial score (nSPS) is 26.6. The summed E-state index contributed by atoms with van der Waals surface area (Å²) in [6.45, 7) is 8.63. The van der Waals surface area contributed by atoms with Gasteiger partial charge < -0.3 is 23.8 Å². The Morgan fingerprint density at radius 1 is 0.768 bits per heavy atom. The number of quaternary nitrogens is 1. The summed E-state index contributed by atoms with van der Waals surface area (Å²) in [6.07, 6.45) is 20.7. The first kappa shape index (κ1) is 45.0. The number of hydrogen-bond donors (Lipinski definition) is 0. The molecule has 0 aromatic heterocycles. The minimum Gasteiger partial charge on any atom is -0.456 e. The third-order valence-electron chi connectivity index (χ3n) is 17.7. The molecule has 69 heavy (non-hydrogen) atoms. The van der Waals surface area contributed by atoms with Crippen LogP contribution in [0.1, 0.15) is 113 Å². The van der Waals surface area contributed by atoms with Gasteiger partial charge in [0.25, 0.3) is 0 Å². The van der Waals surface area contributed by atoms with Crippen LogP contribution < -0.4 is 0 Å². The van der Waals surface area contributed by atoms with Gasteiger partial charge in [-0.2, -0.15) is 0 Å². The van der Waals surface area contributed by atoms with E-state index >= 15 is 0 Å². The Bertz CT molecular complexity index is 3020. The molecule has 12 rings (SSSR count). The van der Waals surface area contributed by atoms with Gasteiger partial charge in [0, 0.05) is 24.8 Å². The van der Waals surface area contributed by atoms with E-state index in [1.165, 1.54) is 93.9 Å². The summed E-state index contributed by atoms with van der Waals surface area (Å²) in [4.78, 5) is 35.9. The summed E-state index contributed by atoms with van der Waals surface area (Å²) in [5.74, 6) is -0.568. The Morgan fingerprint density at radius 2 is 1.43 bits per heavy atom. The van der Waals surface area contributed by atoms with E-state index in [9.17, 15) is 9.59 Å². The molecule has 5 bridgehead atoms. The molecule has 2 spiro atoms. The van der Waals surface area contributed by atoms with E-state index < -0.39 is 23.0 Å². The van der Waals surface area contributed by atoms with Crippen molar-refractivity contribution in [1.29, 1.82) is 0 Å². The second-order valence-electron chi connectivity index (χ2n) is 23.2. The molecule has 0 saturated heterocycles. The molecule has 358 valence electrons. The van der Waals surface area contributed by atoms with Gasteiger partial charge in [-0.05, 0) is 188 Å². The van der Waals surface area contributed by atoms with Gasteiger partial charge in [-0.15, -0.1) is 6.58 Å². The lowest BCUT2D eigenvalue weighted by Gasteiger charge is -2.52. The first-order chi connectivity index (χ1) is 33.3. The van der Waals surface area contributed by atoms with Gasteiger partial charge in [0.05, 0.1) is 38.0 Å². The van der Waals surface area contributed by atoms with Gasteiger partial charge in [0.1, 0.15) is 12.2 Å². The number of benzene rings is 4. The summed E-state index contributed by atoms with van der Waals surface area (Å²) >= 11 is 0. The van der Waals surface area contributed by atoms with Crippen molar-refractivity contribution in [2.75, 3.05) is 88.6 Å². The van der Waals surface area contributed by atoms with Crippen LogP contribution in [0.25, 0.3) is 38.8 Å². The third kappa shape index (κ3) is 6.46. The second kappa shape index (κ2) is 16.5. The molecule has 0 aliphatic heterocycles. The molecule has 1 unspecified atom stereocenters. The Morgan fingerprint density at radius 3 is 2.17 bits per heavy atom. The van der Waals surface area contributed by atoms with Crippen molar-refractivity contribution in [3.05, 3.63) is 135 Å². The predicted octanol–water partition coefficient (Wildman–Crippen LogP) is 9.87. The lowest BCUT2D eigenvalue weighted by Crippen LogP contribution is -2.48. The Labute approximate surface area is 409 Å². The van der Waals surface area contributed by atoms with Gasteiger partial charge in [-0.25, -0.2) is 4.79 Å². The van der Waals surface area contributed by atoms with Crippen molar-refractivity contribution < 1.29 is 23.5 Å². The van der Waals surface area contributed by atoms with E-state index in [1.54, 1.807) is 0 Å². The molecule has 0 radical (unpaired) electrons. The minimum atomic E-state index is -0.548. The van der Waals surface area contributed by atoms with E-state index in [0.29, 0.717) is 17.4 Å². The third-order valence-corrected chi connectivity index (χ3v) is 17.7. The molecule has 4 aromatic carbocycles. The van der Waals surface area contributed by atoms with E-state index in [-0.39, 0.29) is 30.3 Å². The van der Waals surface area contributed by atoms with Crippen molar-refractivity contribution >= 4 is 50.7 Å². The molecule has 0 N–H and O–H groups in total. The van der Waals surface area contributed by atoms with E-state index in [1.807, 2.05) is 7.05 Å². The number of fused-ring (bicyclic) bond motifs is 1. The predicted molar refractivity (Wildman–Crippen MR) is 279 cm³/mol. The maximum atomic E-state index is 14.8. The van der Waals surface area contributed by atoms with Gasteiger partial charge in [-0.3, -0.25) is 9.69 Å². The summed E-state index contributed by atoms with van der Waals surface area (Å²) in [5.41, 5.74) is 16.8. The van der Waals surface area contributed by atoms with Gasteiger partial charge in [-0.1, -0.05) is 84.7 Å². The molecule has 0 amide bonds. The van der Waals surface area contributed by atoms with Crippen LogP contribution in [-0.4, -0.2) is 132 Å². The summed E-state index contributed by atoms with van der Waals surface area (Å²) in [7, 11) is 14.8. The minimum absolute atomic E-state index is 0.121. The second-order valence-corrected chi connectivity index (χ2v) is 23.2. The molecule has 8 aliphatic carbocycles. The molecule has 8 nitrogen and oxygen atoms in total. The van der Waals surface area contributed by atoms with Crippen LogP contribution in [0.2, 0.25) is 0 Å². The summed E-state index contributed by atoms with van der Waals surface area (Å²) < 4.78 is 14.8. The molecule has 0 heterocycles. The number of esters is 2. The lowest BCUT2D eigenvalue weighted by atomic mass is 9.49. The highest BCUT2D eigenvalue weighted by Crippen LogP contribution is 2.81. The van der Waals surface area contributed by atoms with Crippen LogP contribution in [0, 0.1) is 0 Å². The number of carbonyl (C=O) groups excluding carboxylic acids is 2. The topological polar surface area (TPSA) is 62.3 Å². The lowest BCUT2D eigenvalue weighted by molar-refractivity contribution is -0.883. The van der Waals surface area contributed by atoms with E-state index in [0.717, 1.165) is 84.0 Å². The number of rotatable bonds is 16. The number of allylic oxidation sites excluding steroid dienone is 6. The highest BCUT2D eigenvalue weighted by Gasteiger charge is 2.72. The van der Waals surface area contributed by atoms with Crippen LogP contribution in [0.15, 0.2) is 84.5 Å². The van der Waals surface area contributed by atoms with Crippen molar-refractivity contribution in [3.63, 3.8) is 0 Å². The number of likely N-dealkylation sites (N-methyl/N-ethyl adjacent to an activating group) is 2. The van der Waals surface area contributed by atoms with Crippen molar-refractivity contribution in [1.82, 2.24) is 14.7 Å². The van der Waals surface area contributed by atoms with Gasteiger partial charge in [0.15, 0.2) is 6.54 Å². The Kier molecular flexibility index (Phi) is 10.8. The van der Waals surface area contributed by atoms with Gasteiger partial charge >= 0.3 is 11.9 Å². The molecular weight excluding hydrogens is 853 g/mol. The first-order valence-electron chi connectivity index (χ1n) is 26.2. The molecule has 6 atom stereocenters. The summed E-state index contributed by atoms with van der Waals surface area (Å²) in [6, 6.07) is 16.8. The van der Waals surface area contributed by atoms with Crippen molar-refractivity contribution in [2.24, 2.45) is 0 Å². The average molecular weight is 924 g/mol. The zero-order chi connectivity index (χ0) is 47.7. The highest BCUT2D eigenvalue weighted by molar-refractivity contribution is 6.26. The molecule has 8 heteroatoms. The van der Waals surface area contributed by atoms with Crippen LogP contribution >= 0.6 is 0 Å². The molecule has 0 fully saturated rings. The number of nitrogens with zero attached hydrogens (tertiary/aromatic N) is 4. The maximum absolute atomic E-state index is 14.8. The Balaban J connectivity index is 1.12. The number of hydrogen-bond acceptors (Lipinski definition) is 7. The van der Waals surface area contributed by atoms with Crippen LogP contribution in [0.5, 0.6) is 0 Å². The average Bonchev–Trinajstić information content (AvgIpc) is 3.99. The quantitative estimate of drug-likeness (QED) is 0.0631. The maximum Gasteiger partial charge on any atom is 0.362 e. The van der Waals surface area contributed by atoms with Crippen LogP contribution in [0.4, 0.5) is 0 Å². The van der Waals surface area contributed by atoms with Crippen LogP contribution in [-0.2, 0) is 42.7 Å². The first-order valence-corrected chi connectivity index (χ1v) is 26.2. The van der Waals surface area contributed by atoms with Crippen molar-refractivity contribution in [2.45, 2.75) is 99.1 Å². The smallest absolute Gasteiger partial charge is 0.362 e. The van der Waals surface area contributed by atoms with Gasteiger partial charge in [0.2, 0.25) is 0 Å². The fraction of sp³-hybridized carbons (Fsp3) is 0.475. The summed E-state index contributed by atoms with van der Waals surface area (Å²) in [5, 5.41) is 5.21. The number of carbonyl (C=O) groups is 2. The van der Waals surface area contributed by atoms with Crippen LogP contribution in [0.3, 0.4) is 0 Å². The molecular formula is C61H71N4O4+. The number of ether oxygens (including phenoxy) is 2. The SMILES string of the molecule is C=CCc1cc2ccc3c4c2c2c1[C@@H]1[C@H](OC(=O)CN(C)CCCN(C)C)C=C5CCCCCCC6=CC(OC(=O)C[N+](C)(C)CCCN(C)C)[C@H]7c8c(cc9cccc%10c9c8C(=C2[C@]647)[C@]5%101)C/C=C\3. The monoisotopic (exact) mass is 924 g/mol. The fourth-order valence-corrected chi connectivity index (χ4v) is 15.5. The fourth-order valence-electron chi connectivity index (χ4n) is 15.5. The molecule has 8 aliphatic rings. The standard InChI is InChI=1S/C61H71N4O4/c1-9-18-38-31-41-26-25-37-19-14-20-40-32-39-21-15-24-44-49(39)53-52(40)57-46(69-48(67)36-65(7,8)30-17-28-63(4)5)34-43-23-13-11-10-12-22-42-33-45(68-47(66)35-64(6)29-16-27-62(2)3)56-51(38)54-50(41)55(37)61(43,57)59(54)58(53)60(42,44)56/h9,14-15,19,21,24-26,31-34,45-46,56-57H,1,10-13,16-18,20,22-23,27-30,35-36H2,2-8H3/q+1/b19-14-/t45-,46?,56+,57+,60-,61-/m1/s1. The van der Waals surface area contributed by atoms with E-state index in [4.69, 9.17) is 9.47 Å². The van der Waals surface area contributed by atoms with E-state index in [2.05, 4.69) is 136 Å².